The Hall–Kier alpha value is -3.67. The van der Waals surface area contributed by atoms with Crippen molar-refractivity contribution in [3.63, 3.8) is 0 Å². The molecule has 1 aliphatic rings. The molecule has 0 fully saturated rings. The van der Waals surface area contributed by atoms with Crippen molar-refractivity contribution in [1.82, 2.24) is 19.9 Å². The number of aromatic nitrogens is 3. The second-order valence-electron chi connectivity index (χ2n) is 8.03. The van der Waals surface area contributed by atoms with Crippen molar-refractivity contribution in [2.75, 3.05) is 18.0 Å². The van der Waals surface area contributed by atoms with Crippen LogP contribution in [0.1, 0.15) is 27.9 Å². The van der Waals surface area contributed by atoms with Crippen molar-refractivity contribution in [3.8, 4) is 0 Å². The van der Waals surface area contributed by atoms with E-state index in [1.54, 1.807) is 12.5 Å². The molecule has 1 amide bonds. The summed E-state index contributed by atoms with van der Waals surface area (Å²) in [4.78, 5) is 23.7. The first-order valence-corrected chi connectivity index (χ1v) is 10.7. The summed E-state index contributed by atoms with van der Waals surface area (Å²) >= 11 is 0. The van der Waals surface area contributed by atoms with Crippen LogP contribution in [0.4, 0.5) is 11.5 Å². The van der Waals surface area contributed by atoms with Gasteiger partial charge in [0.1, 0.15) is 5.82 Å². The van der Waals surface area contributed by atoms with Gasteiger partial charge >= 0.3 is 0 Å². The molecule has 0 aliphatic carbocycles. The fraction of sp³-hybridized carbons (Fsp3) is 0.240. The molecule has 0 saturated carbocycles. The van der Waals surface area contributed by atoms with Gasteiger partial charge in [-0.3, -0.25) is 4.79 Å². The third-order valence-electron chi connectivity index (χ3n) is 5.77. The quantitative estimate of drug-likeness (QED) is 0.482. The van der Waals surface area contributed by atoms with Crippen LogP contribution in [0.2, 0.25) is 0 Å². The molecule has 0 unspecified atom stereocenters. The Morgan fingerprint density at radius 3 is 2.81 bits per heavy atom. The average Bonchev–Trinajstić information content (AvgIpc) is 3.45. The molecule has 5 rings (SSSR count). The highest BCUT2D eigenvalue weighted by Gasteiger charge is 2.23. The fourth-order valence-corrected chi connectivity index (χ4v) is 4.10. The molecular formula is C25H25N5O. The van der Waals surface area contributed by atoms with E-state index in [1.807, 2.05) is 35.0 Å². The summed E-state index contributed by atoms with van der Waals surface area (Å²) < 4.78 is 2.01. The molecule has 156 valence electrons. The van der Waals surface area contributed by atoms with E-state index < -0.39 is 0 Å². The van der Waals surface area contributed by atoms with E-state index in [4.69, 9.17) is 4.98 Å². The van der Waals surface area contributed by atoms with Gasteiger partial charge in [0.25, 0.3) is 5.91 Å². The number of aryl methyl sites for hydroxylation is 2. The lowest BCUT2D eigenvalue weighted by Gasteiger charge is -2.19. The smallest absolute Gasteiger partial charge is 0.251 e. The van der Waals surface area contributed by atoms with Crippen molar-refractivity contribution >= 4 is 28.3 Å². The van der Waals surface area contributed by atoms with Gasteiger partial charge in [0.05, 0.1) is 11.8 Å². The number of benzene rings is 2. The van der Waals surface area contributed by atoms with E-state index in [-0.39, 0.29) is 5.91 Å². The van der Waals surface area contributed by atoms with E-state index in [0.717, 1.165) is 43.0 Å². The number of nitrogens with one attached hydrogen (secondary N) is 1. The highest BCUT2D eigenvalue weighted by molar-refractivity contribution is 5.94. The van der Waals surface area contributed by atoms with Crippen LogP contribution in [0, 0.1) is 6.92 Å². The second-order valence-corrected chi connectivity index (χ2v) is 8.03. The van der Waals surface area contributed by atoms with Gasteiger partial charge in [0.15, 0.2) is 0 Å². The SMILES string of the molecule is Cc1ccc2cc3c(nc2c1)N(c1ccc(C(=O)NCCCn2ccnc2)cc1)CC3. The number of imidazole rings is 1. The number of hydrogen-bond acceptors (Lipinski definition) is 4. The first kappa shape index (κ1) is 19.3. The number of hydrogen-bond donors (Lipinski definition) is 1. The number of amides is 1. The highest BCUT2D eigenvalue weighted by atomic mass is 16.1. The zero-order valence-corrected chi connectivity index (χ0v) is 17.6. The molecule has 6 nitrogen and oxygen atoms in total. The lowest BCUT2D eigenvalue weighted by atomic mass is 10.1. The maximum atomic E-state index is 12.5. The Morgan fingerprint density at radius 2 is 2.00 bits per heavy atom. The fourth-order valence-electron chi connectivity index (χ4n) is 4.10. The first-order valence-electron chi connectivity index (χ1n) is 10.7. The molecule has 4 aromatic rings. The molecule has 0 atom stereocenters. The lowest BCUT2D eigenvalue weighted by Crippen LogP contribution is -2.25. The van der Waals surface area contributed by atoms with Gasteiger partial charge in [-0.15, -0.1) is 0 Å². The second kappa shape index (κ2) is 8.22. The Labute approximate surface area is 181 Å². The van der Waals surface area contributed by atoms with Gasteiger partial charge in [0, 0.05) is 48.7 Å². The summed E-state index contributed by atoms with van der Waals surface area (Å²) in [5.41, 5.74) is 5.25. The maximum absolute atomic E-state index is 12.5. The largest absolute Gasteiger partial charge is 0.352 e. The third kappa shape index (κ3) is 4.01. The summed E-state index contributed by atoms with van der Waals surface area (Å²) in [6.45, 7) is 4.47. The Morgan fingerprint density at radius 1 is 1.13 bits per heavy atom. The molecule has 31 heavy (non-hydrogen) atoms. The standard InChI is InChI=1S/C25H25N5O/c1-18-3-4-20-16-21-9-13-30(24(21)28-23(20)15-18)22-7-5-19(6-8-22)25(31)27-10-2-12-29-14-11-26-17-29/h3-8,11,14-17H,2,9-10,12-13H2,1H3,(H,27,31). The van der Waals surface area contributed by atoms with E-state index in [9.17, 15) is 4.79 Å². The van der Waals surface area contributed by atoms with Crippen LogP contribution in [0.25, 0.3) is 10.9 Å². The average molecular weight is 412 g/mol. The highest BCUT2D eigenvalue weighted by Crippen LogP contribution is 2.35. The number of nitrogens with zero attached hydrogens (tertiary/aromatic N) is 4. The molecule has 0 radical (unpaired) electrons. The topological polar surface area (TPSA) is 63.1 Å². The number of carbonyl (C=O) groups is 1. The zero-order chi connectivity index (χ0) is 21.2. The Kier molecular flexibility index (Phi) is 5.12. The van der Waals surface area contributed by atoms with Gasteiger partial charge in [-0.05, 0) is 67.3 Å². The summed E-state index contributed by atoms with van der Waals surface area (Å²) in [6.07, 6.45) is 7.32. The summed E-state index contributed by atoms with van der Waals surface area (Å²) in [5.74, 6) is 0.980. The molecule has 6 heteroatoms. The molecule has 2 aromatic carbocycles. The lowest BCUT2D eigenvalue weighted by molar-refractivity contribution is 0.0952. The van der Waals surface area contributed by atoms with Crippen LogP contribution in [-0.4, -0.2) is 33.5 Å². The number of fused-ring (bicyclic) bond motifs is 2. The minimum absolute atomic E-state index is 0.0430. The van der Waals surface area contributed by atoms with Crippen LogP contribution in [0.15, 0.2) is 67.3 Å². The normalized spacial score (nSPS) is 12.9. The van der Waals surface area contributed by atoms with E-state index >= 15 is 0 Å². The predicted octanol–water partition coefficient (Wildman–Crippen LogP) is 4.25. The number of rotatable bonds is 6. The summed E-state index contributed by atoms with van der Waals surface area (Å²) in [7, 11) is 0. The minimum atomic E-state index is -0.0430. The monoisotopic (exact) mass is 411 g/mol. The van der Waals surface area contributed by atoms with Crippen molar-refractivity contribution in [2.24, 2.45) is 0 Å². The van der Waals surface area contributed by atoms with Crippen molar-refractivity contribution in [3.05, 3.63) is 83.9 Å². The molecule has 0 saturated heterocycles. The summed E-state index contributed by atoms with van der Waals surface area (Å²) in [5, 5.41) is 4.18. The number of pyridine rings is 1. The van der Waals surface area contributed by atoms with E-state index in [1.165, 1.54) is 16.5 Å². The molecule has 0 bridgehead atoms. The van der Waals surface area contributed by atoms with Crippen LogP contribution in [0.3, 0.4) is 0 Å². The van der Waals surface area contributed by atoms with Crippen LogP contribution in [0.5, 0.6) is 0 Å². The Bertz CT molecular complexity index is 1210. The first-order chi connectivity index (χ1) is 15.2. The van der Waals surface area contributed by atoms with Gasteiger partial charge in [-0.2, -0.15) is 0 Å². The maximum Gasteiger partial charge on any atom is 0.251 e. The van der Waals surface area contributed by atoms with Crippen LogP contribution < -0.4 is 10.2 Å². The number of anilines is 2. The minimum Gasteiger partial charge on any atom is -0.352 e. The molecule has 2 aromatic heterocycles. The van der Waals surface area contributed by atoms with Gasteiger partial charge < -0.3 is 14.8 Å². The van der Waals surface area contributed by atoms with Gasteiger partial charge in [-0.25, -0.2) is 9.97 Å². The van der Waals surface area contributed by atoms with E-state index in [2.05, 4.69) is 46.4 Å². The third-order valence-corrected chi connectivity index (χ3v) is 5.77. The molecule has 0 spiro atoms. The van der Waals surface area contributed by atoms with Gasteiger partial charge in [0.2, 0.25) is 0 Å². The van der Waals surface area contributed by atoms with Gasteiger partial charge in [-0.1, -0.05) is 12.1 Å². The zero-order valence-electron chi connectivity index (χ0n) is 17.6. The molecular weight excluding hydrogens is 386 g/mol. The van der Waals surface area contributed by atoms with E-state index in [0.29, 0.717) is 12.1 Å². The van der Waals surface area contributed by atoms with Crippen LogP contribution in [-0.2, 0) is 13.0 Å². The Balaban J connectivity index is 1.26. The van der Waals surface area contributed by atoms with Crippen LogP contribution >= 0.6 is 0 Å². The van der Waals surface area contributed by atoms with Crippen molar-refractivity contribution in [1.29, 1.82) is 0 Å². The molecule has 1 aliphatic heterocycles. The van der Waals surface area contributed by atoms with Crippen molar-refractivity contribution in [2.45, 2.75) is 26.3 Å². The summed E-state index contributed by atoms with van der Waals surface area (Å²) in [6, 6.07) is 16.5. The van der Waals surface area contributed by atoms with Crippen molar-refractivity contribution < 1.29 is 4.79 Å². The molecule has 3 heterocycles. The predicted molar refractivity (Wildman–Crippen MR) is 123 cm³/mol. The number of carbonyl (C=O) groups excluding carboxylic acids is 1. The molecule has 1 N–H and O–H groups in total.